The zero-order valence-electron chi connectivity index (χ0n) is 21.7. The fourth-order valence-corrected chi connectivity index (χ4v) is 7.77. The number of fused-ring (bicyclic) bond motifs is 5. The summed E-state index contributed by atoms with van der Waals surface area (Å²) in [6.07, 6.45) is -2.97. The fraction of sp³-hybridized carbons (Fsp3) is 0.704. The zero-order valence-corrected chi connectivity index (χ0v) is 21.7. The highest BCUT2D eigenvalue weighted by molar-refractivity contribution is 6.02. The molecule has 0 heterocycles. The first-order valence-electron chi connectivity index (χ1n) is 12.8. The van der Waals surface area contributed by atoms with E-state index in [0.717, 1.165) is 6.08 Å². The van der Waals surface area contributed by atoms with E-state index in [-0.39, 0.29) is 44.1 Å². The number of ether oxygens (including phenoxy) is 2. The van der Waals surface area contributed by atoms with Gasteiger partial charge in [-0.3, -0.25) is 14.4 Å². The SMILES string of the molecule is CCC(=O)OCC(=O)[C@@]1(O)C(C)C[C@H]2[C@@H]3CCC4=CC(=O)C=C(OC(=O)C(F)(F)F)[C@]4(C)[C@@]3(F)CC[C@@]21C. The van der Waals surface area contributed by atoms with Gasteiger partial charge in [0, 0.05) is 17.9 Å². The maximum atomic E-state index is 17.4. The first-order valence-corrected chi connectivity index (χ1v) is 12.8. The monoisotopic (exact) mass is 544 g/mol. The van der Waals surface area contributed by atoms with E-state index < -0.39 is 81.9 Å². The molecule has 210 valence electrons. The van der Waals surface area contributed by atoms with Crippen LogP contribution in [0.2, 0.25) is 0 Å². The predicted molar refractivity (Wildman–Crippen MR) is 124 cm³/mol. The Morgan fingerprint density at radius 1 is 1.13 bits per heavy atom. The number of hydrogen-bond acceptors (Lipinski definition) is 7. The van der Waals surface area contributed by atoms with Crippen LogP contribution < -0.4 is 0 Å². The number of aliphatic hydroxyl groups is 1. The number of rotatable bonds is 5. The van der Waals surface area contributed by atoms with Crippen LogP contribution in [0.15, 0.2) is 23.5 Å². The average Bonchev–Trinajstić information content (AvgIpc) is 3.04. The second-order valence-electron chi connectivity index (χ2n) is 11.5. The predicted octanol–water partition coefficient (Wildman–Crippen LogP) is 4.32. The quantitative estimate of drug-likeness (QED) is 0.406. The zero-order chi connectivity index (χ0) is 28.5. The number of allylic oxidation sites excluding steroid dienone is 3. The van der Waals surface area contributed by atoms with Crippen LogP contribution in [-0.2, 0) is 28.7 Å². The molecule has 0 aromatic carbocycles. The number of esters is 2. The molecule has 7 atom stereocenters. The van der Waals surface area contributed by atoms with Crippen molar-refractivity contribution in [3.63, 3.8) is 0 Å². The molecule has 1 unspecified atom stereocenters. The molecule has 4 aliphatic carbocycles. The summed E-state index contributed by atoms with van der Waals surface area (Å²) in [7, 11) is 0. The summed E-state index contributed by atoms with van der Waals surface area (Å²) in [6, 6.07) is 0. The molecule has 0 bridgehead atoms. The lowest BCUT2D eigenvalue weighted by Crippen LogP contribution is -2.65. The number of alkyl halides is 4. The van der Waals surface area contributed by atoms with Crippen LogP contribution in [0.4, 0.5) is 17.6 Å². The van der Waals surface area contributed by atoms with E-state index >= 15 is 4.39 Å². The molecule has 0 aromatic rings. The number of carbonyl (C=O) groups is 4. The second-order valence-corrected chi connectivity index (χ2v) is 11.5. The summed E-state index contributed by atoms with van der Waals surface area (Å²) in [5, 5.41) is 11.8. The van der Waals surface area contributed by atoms with Crippen LogP contribution in [0.25, 0.3) is 0 Å². The number of carbonyl (C=O) groups excluding carboxylic acids is 4. The third-order valence-corrected chi connectivity index (χ3v) is 9.88. The summed E-state index contributed by atoms with van der Waals surface area (Å²) in [5.41, 5.74) is -6.80. The van der Waals surface area contributed by atoms with E-state index in [1.807, 2.05) is 0 Å². The average molecular weight is 545 g/mol. The van der Waals surface area contributed by atoms with Gasteiger partial charge in [0.1, 0.15) is 17.0 Å². The molecule has 38 heavy (non-hydrogen) atoms. The Bertz CT molecular complexity index is 1140. The molecule has 4 rings (SSSR count). The van der Waals surface area contributed by atoms with Crippen molar-refractivity contribution < 1.29 is 51.3 Å². The van der Waals surface area contributed by atoms with Gasteiger partial charge in [-0.2, -0.15) is 13.2 Å². The minimum absolute atomic E-state index is 0.00369. The Morgan fingerprint density at radius 3 is 2.39 bits per heavy atom. The fourth-order valence-electron chi connectivity index (χ4n) is 7.77. The van der Waals surface area contributed by atoms with E-state index in [1.54, 1.807) is 20.8 Å². The topological polar surface area (TPSA) is 107 Å². The molecule has 0 saturated heterocycles. The van der Waals surface area contributed by atoms with Gasteiger partial charge in [0.15, 0.2) is 12.4 Å². The second kappa shape index (κ2) is 8.99. The molecule has 0 radical (unpaired) electrons. The Kier molecular flexibility index (Phi) is 6.73. The number of ketones is 2. The number of hydrogen-bond donors (Lipinski definition) is 1. The molecular formula is C27H32F4O7. The highest BCUT2D eigenvalue weighted by Gasteiger charge is 2.74. The molecule has 0 aromatic heterocycles. The summed E-state index contributed by atoms with van der Waals surface area (Å²) in [6.45, 7) is 5.69. The maximum absolute atomic E-state index is 17.4. The lowest BCUT2D eigenvalue weighted by Gasteiger charge is -2.61. The Morgan fingerprint density at radius 2 is 1.79 bits per heavy atom. The lowest BCUT2D eigenvalue weighted by atomic mass is 9.45. The van der Waals surface area contributed by atoms with Gasteiger partial charge in [0.05, 0.1) is 5.41 Å². The van der Waals surface area contributed by atoms with Gasteiger partial charge < -0.3 is 14.6 Å². The van der Waals surface area contributed by atoms with Gasteiger partial charge in [-0.25, -0.2) is 9.18 Å². The Balaban J connectivity index is 1.72. The van der Waals surface area contributed by atoms with E-state index in [0.29, 0.717) is 0 Å². The molecular weight excluding hydrogens is 512 g/mol. The third-order valence-electron chi connectivity index (χ3n) is 9.88. The van der Waals surface area contributed by atoms with Gasteiger partial charge in [-0.1, -0.05) is 20.8 Å². The number of halogens is 4. The molecule has 0 amide bonds. The van der Waals surface area contributed by atoms with Crippen LogP contribution in [0.5, 0.6) is 0 Å². The van der Waals surface area contributed by atoms with Gasteiger partial charge in [-0.05, 0) is 68.4 Å². The minimum atomic E-state index is -5.34. The van der Waals surface area contributed by atoms with Crippen molar-refractivity contribution in [1.82, 2.24) is 0 Å². The number of Topliss-reactive ketones (excluding diaryl/α,β-unsaturated/α-hetero) is 1. The third kappa shape index (κ3) is 3.78. The van der Waals surface area contributed by atoms with Gasteiger partial charge >= 0.3 is 18.1 Å². The molecule has 3 fully saturated rings. The maximum Gasteiger partial charge on any atom is 0.491 e. The van der Waals surface area contributed by atoms with Gasteiger partial charge in [0.2, 0.25) is 5.78 Å². The van der Waals surface area contributed by atoms with Gasteiger partial charge in [-0.15, -0.1) is 0 Å². The van der Waals surface area contributed by atoms with E-state index in [1.165, 1.54) is 13.0 Å². The molecule has 7 nitrogen and oxygen atoms in total. The van der Waals surface area contributed by atoms with Crippen molar-refractivity contribution in [2.24, 2.45) is 28.6 Å². The summed E-state index contributed by atoms with van der Waals surface area (Å²) < 4.78 is 66.3. The molecule has 0 spiro atoms. The first kappa shape index (κ1) is 28.4. The molecule has 1 N–H and O–H groups in total. The van der Waals surface area contributed by atoms with Crippen molar-refractivity contribution in [2.75, 3.05) is 6.61 Å². The molecule has 11 heteroatoms. The van der Waals surface area contributed by atoms with E-state index in [9.17, 15) is 37.5 Å². The van der Waals surface area contributed by atoms with Crippen LogP contribution in [0.3, 0.4) is 0 Å². The van der Waals surface area contributed by atoms with E-state index in [4.69, 9.17) is 4.74 Å². The normalized spacial score (nSPS) is 40.2. The molecule has 3 saturated carbocycles. The minimum Gasteiger partial charge on any atom is -0.458 e. The summed E-state index contributed by atoms with van der Waals surface area (Å²) in [4.78, 5) is 48.9. The van der Waals surface area contributed by atoms with Crippen molar-refractivity contribution in [3.05, 3.63) is 23.5 Å². The van der Waals surface area contributed by atoms with Crippen LogP contribution in [0.1, 0.15) is 66.2 Å². The van der Waals surface area contributed by atoms with Crippen LogP contribution in [0, 0.1) is 28.6 Å². The Labute approximate surface area is 217 Å². The van der Waals surface area contributed by atoms with Crippen molar-refractivity contribution in [2.45, 2.75) is 83.7 Å². The largest absolute Gasteiger partial charge is 0.491 e. The smallest absolute Gasteiger partial charge is 0.458 e. The van der Waals surface area contributed by atoms with Crippen molar-refractivity contribution >= 4 is 23.5 Å². The highest BCUT2D eigenvalue weighted by Crippen LogP contribution is 2.71. The lowest BCUT2D eigenvalue weighted by molar-refractivity contribution is -0.204. The van der Waals surface area contributed by atoms with E-state index in [2.05, 4.69) is 4.74 Å². The summed E-state index contributed by atoms with van der Waals surface area (Å²) in [5.74, 6) is -7.16. The first-order chi connectivity index (χ1) is 17.5. The van der Waals surface area contributed by atoms with Crippen LogP contribution >= 0.6 is 0 Å². The molecule has 0 aliphatic heterocycles. The van der Waals surface area contributed by atoms with Gasteiger partial charge in [0.25, 0.3) is 0 Å². The Hall–Kier alpha value is -2.56. The van der Waals surface area contributed by atoms with Crippen LogP contribution in [-0.4, -0.2) is 52.7 Å². The summed E-state index contributed by atoms with van der Waals surface area (Å²) >= 11 is 0. The van der Waals surface area contributed by atoms with Crippen molar-refractivity contribution in [3.8, 4) is 0 Å². The van der Waals surface area contributed by atoms with Crippen molar-refractivity contribution in [1.29, 1.82) is 0 Å². The molecule has 4 aliphatic rings. The highest BCUT2D eigenvalue weighted by atomic mass is 19.4. The standard InChI is InChI=1S/C27H32F4O7/c1-5-21(34)37-13-19(33)26(36)14(2)10-18-17-7-6-15-11-16(32)12-20(38-22(35)27(29,30)31)24(15,4)25(17,28)9-8-23(18,26)3/h11-12,14,17-18,36H,5-10,13H2,1-4H3/t14?,17-,18-,23-,24+,25+,26-/m0/s1.